The van der Waals surface area contributed by atoms with E-state index in [0.29, 0.717) is 37.3 Å². The summed E-state index contributed by atoms with van der Waals surface area (Å²) in [4.78, 5) is 24.6. The van der Waals surface area contributed by atoms with Gasteiger partial charge in [-0.3, -0.25) is 21.7 Å². The van der Waals surface area contributed by atoms with Crippen molar-refractivity contribution in [1.29, 1.82) is 0 Å². The largest absolute Gasteiger partial charge is 0.512 e. The van der Waals surface area contributed by atoms with Crippen LogP contribution in [-0.2, 0) is 54.3 Å². The van der Waals surface area contributed by atoms with Gasteiger partial charge in [-0.1, -0.05) is 12.8 Å². The molecule has 250 valence electrons. The van der Waals surface area contributed by atoms with Crippen molar-refractivity contribution in [3.8, 4) is 0 Å². The van der Waals surface area contributed by atoms with Crippen LogP contribution in [0.4, 0.5) is 17.6 Å². The van der Waals surface area contributed by atoms with Gasteiger partial charge in [-0.15, -0.1) is 24.0 Å². The Morgan fingerprint density at radius 3 is 1.25 bits per heavy atom. The minimum absolute atomic E-state index is 0. The number of carbonyl (C=O) groups excluding carboxylic acids is 2. The van der Waals surface area contributed by atoms with Gasteiger partial charge in [0, 0.05) is 77.8 Å². The Morgan fingerprint density at radius 1 is 0.750 bits per heavy atom. The first-order valence-corrected chi connectivity index (χ1v) is 13.2. The van der Waals surface area contributed by atoms with Crippen LogP contribution in [0.15, 0.2) is 48.5 Å². The van der Waals surface area contributed by atoms with Gasteiger partial charge in [0.2, 0.25) is 11.8 Å². The number of halogens is 4. The summed E-state index contributed by atoms with van der Waals surface area (Å²) in [6.07, 6.45) is 16.4. The van der Waals surface area contributed by atoms with E-state index in [2.05, 4.69) is 22.1 Å². The van der Waals surface area contributed by atoms with Gasteiger partial charge in [0.15, 0.2) is 0 Å². The van der Waals surface area contributed by atoms with Crippen molar-refractivity contribution in [3.63, 3.8) is 0 Å². The molecule has 2 aromatic rings. The minimum atomic E-state index is -2.77. The second kappa shape index (κ2) is 20.4. The minimum Gasteiger partial charge on any atom is -0.512 e. The van der Waals surface area contributed by atoms with Gasteiger partial charge in [-0.05, 0) is 39.6 Å². The third-order valence-electron chi connectivity index (χ3n) is 5.60. The Balaban J connectivity index is 0. The third-order valence-corrected chi connectivity index (χ3v) is 5.60. The quantitative estimate of drug-likeness (QED) is 0.114. The molecule has 0 unspecified atom stereocenters. The normalized spacial score (nSPS) is 16.8. The maximum absolute atomic E-state index is 13.5. The molecule has 2 heterocycles. The van der Waals surface area contributed by atoms with E-state index in [-0.39, 0.29) is 87.3 Å². The Kier molecular flexibility index (Phi) is 20.1. The Bertz CT molecular complexity index is 1220. The molecule has 0 aromatic carbocycles. The summed E-state index contributed by atoms with van der Waals surface area (Å²) in [7, 11) is 3.42. The summed E-state index contributed by atoms with van der Waals surface area (Å²) in [5.74, 6) is -4.38. The fraction of sp³-hybridized carbons (Fsp3) is 0.467. The fourth-order valence-corrected chi connectivity index (χ4v) is 3.86. The molecule has 2 aliphatic rings. The predicted molar refractivity (Wildman–Crippen MR) is 155 cm³/mol. The maximum Gasteiger partial charge on any atom is 0.316 e. The van der Waals surface area contributed by atoms with E-state index in [9.17, 15) is 17.6 Å². The zero-order valence-electron chi connectivity index (χ0n) is 25.5. The molecule has 0 amide bonds. The fourth-order valence-electron chi connectivity index (χ4n) is 3.86. The average molecular weight is 981 g/mol. The van der Waals surface area contributed by atoms with E-state index in [4.69, 9.17) is 19.8 Å². The molecule has 2 radical (unpaired) electrons. The first-order valence-electron chi connectivity index (χ1n) is 13.2. The first-order chi connectivity index (χ1) is 19.5. The number of aliphatic hydroxyl groups excluding tert-OH is 2. The van der Waals surface area contributed by atoms with Crippen LogP contribution < -0.4 is 0 Å². The third kappa shape index (κ3) is 15.4. The van der Waals surface area contributed by atoms with Crippen LogP contribution in [0, 0.1) is 12.2 Å². The van der Waals surface area contributed by atoms with E-state index in [1.807, 2.05) is 0 Å². The van der Waals surface area contributed by atoms with Gasteiger partial charge >= 0.3 is 11.6 Å². The zero-order valence-corrected chi connectivity index (χ0v) is 30.3. The van der Waals surface area contributed by atoms with Gasteiger partial charge in [0.1, 0.15) is 0 Å². The van der Waals surface area contributed by atoms with E-state index >= 15 is 0 Å². The van der Waals surface area contributed by atoms with Crippen molar-refractivity contribution < 1.29 is 77.6 Å². The van der Waals surface area contributed by atoms with Crippen molar-refractivity contribution in [1.82, 2.24) is 19.1 Å². The Hall–Kier alpha value is -2.66. The zero-order chi connectivity index (χ0) is 32.1. The number of aliphatic hydroxyl groups is 2. The summed E-state index contributed by atoms with van der Waals surface area (Å²) in [5.41, 5.74) is -0.0903. The molecule has 44 heavy (non-hydrogen) atoms. The van der Waals surface area contributed by atoms with Crippen LogP contribution in [0.25, 0.3) is 11.1 Å². The number of aryl methyl sites for hydroxylation is 2. The van der Waals surface area contributed by atoms with E-state index in [1.54, 1.807) is 35.6 Å². The number of hydrogen-bond acceptors (Lipinski definition) is 4. The SMILES string of the molecule is CC(=[OH+])C=C(C)O.CC(=[OH+])C=C(C)O.Cn1ccnc1C1=[C-]CCCC1(F)F.Cn1ccnc1C1=[C-]CCCC1(F)F.[Ir].[Ir]. The second-order valence-corrected chi connectivity index (χ2v) is 9.80. The molecular formula is C30H40F4Ir2N4O4. The average Bonchev–Trinajstić information content (AvgIpc) is 3.46. The van der Waals surface area contributed by atoms with Crippen molar-refractivity contribution in [3.05, 3.63) is 72.3 Å². The molecule has 2 aliphatic carbocycles. The summed E-state index contributed by atoms with van der Waals surface area (Å²) in [6, 6.07) is 0. The van der Waals surface area contributed by atoms with Crippen molar-refractivity contribution >= 4 is 22.7 Å². The summed E-state index contributed by atoms with van der Waals surface area (Å²) in [5, 5.41) is 16.8. The van der Waals surface area contributed by atoms with Crippen molar-refractivity contribution in [2.45, 2.75) is 78.1 Å². The van der Waals surface area contributed by atoms with Gasteiger partial charge in [0.25, 0.3) is 0 Å². The van der Waals surface area contributed by atoms with Crippen LogP contribution in [-0.4, -0.2) is 62.3 Å². The summed E-state index contributed by atoms with van der Waals surface area (Å²) in [6.45, 7) is 6.00. The first kappa shape index (κ1) is 43.5. The van der Waals surface area contributed by atoms with Crippen LogP contribution in [0.1, 0.15) is 77.9 Å². The van der Waals surface area contributed by atoms with Gasteiger partial charge < -0.3 is 29.3 Å². The van der Waals surface area contributed by atoms with Crippen LogP contribution in [0.3, 0.4) is 0 Å². The molecule has 0 atom stereocenters. The number of imidazole rings is 2. The van der Waals surface area contributed by atoms with Crippen molar-refractivity contribution in [2.24, 2.45) is 14.1 Å². The molecule has 0 aliphatic heterocycles. The molecule has 0 bridgehead atoms. The van der Waals surface area contributed by atoms with Crippen molar-refractivity contribution in [2.75, 3.05) is 0 Å². The second-order valence-electron chi connectivity index (χ2n) is 9.80. The van der Waals surface area contributed by atoms with E-state index in [0.717, 1.165) is 0 Å². The van der Waals surface area contributed by atoms with Gasteiger partial charge in [-0.2, -0.15) is 0 Å². The van der Waals surface area contributed by atoms with Crippen LogP contribution in [0.5, 0.6) is 0 Å². The predicted octanol–water partition coefficient (Wildman–Crippen LogP) is 6.87. The molecule has 2 aromatic heterocycles. The van der Waals surface area contributed by atoms with E-state index < -0.39 is 11.8 Å². The molecule has 0 saturated carbocycles. The number of allylic oxidation sites excluding steroid dienone is 8. The Labute approximate surface area is 282 Å². The van der Waals surface area contributed by atoms with Crippen LogP contribution >= 0.6 is 0 Å². The van der Waals surface area contributed by atoms with Gasteiger partial charge in [0.05, 0.1) is 37.5 Å². The number of ketones is 2. The molecule has 8 nitrogen and oxygen atoms in total. The molecular weight excluding hydrogens is 941 g/mol. The molecule has 0 fully saturated rings. The number of aromatic nitrogens is 4. The standard InChI is InChI=1S/2C10H11F2N2.2C5H8O2.2Ir/c2*1-14-7-6-13-9(14)8-4-2-3-5-10(8,11)12;2*1-4(6)3-5(2)7;;/h2*6-7H,2-3,5H2,1H3;2*3,6H,1-2H3;;/q2*-1;;;;/p+2. The molecule has 4 N–H and O–H groups in total. The Morgan fingerprint density at radius 2 is 1.07 bits per heavy atom. The number of nitrogens with zero attached hydrogens (tertiary/aromatic N) is 4. The number of alkyl halides is 4. The molecule has 0 spiro atoms. The number of hydrogen-bond donors (Lipinski definition) is 2. The topological polar surface area (TPSA) is 119 Å². The molecule has 0 saturated heterocycles. The van der Waals surface area contributed by atoms with Gasteiger partial charge in [-0.25, -0.2) is 17.6 Å². The smallest absolute Gasteiger partial charge is 0.316 e. The summed E-state index contributed by atoms with van der Waals surface area (Å²) < 4.78 is 57.0. The monoisotopic (exact) mass is 982 g/mol. The summed E-state index contributed by atoms with van der Waals surface area (Å²) >= 11 is 0. The maximum atomic E-state index is 13.5. The number of rotatable bonds is 4. The van der Waals surface area contributed by atoms with E-state index in [1.165, 1.54) is 52.2 Å². The molecule has 14 heteroatoms. The van der Waals surface area contributed by atoms with Crippen LogP contribution in [0.2, 0.25) is 0 Å². The molecule has 4 rings (SSSR count).